The van der Waals surface area contributed by atoms with Gasteiger partial charge < -0.3 is 10.5 Å². The van der Waals surface area contributed by atoms with Gasteiger partial charge in [-0.25, -0.2) is 9.37 Å². The number of hydrogen-bond acceptors (Lipinski definition) is 3. The lowest BCUT2D eigenvalue weighted by Crippen LogP contribution is -2.32. The van der Waals surface area contributed by atoms with E-state index >= 15 is 0 Å². The van der Waals surface area contributed by atoms with Gasteiger partial charge in [-0.15, -0.1) is 0 Å². The molecule has 1 rings (SSSR count). The number of hydrogen-bond donors (Lipinski definition) is 1. The fraction of sp³-hybridized carbons (Fsp3) is 0.538. The molecule has 0 unspecified atom stereocenters. The molecule has 0 fully saturated rings. The Kier molecular flexibility index (Phi) is 4.46. The van der Waals surface area contributed by atoms with Crippen LogP contribution < -0.4 is 10.5 Å². The molecule has 1 radical (unpaired) electrons. The van der Waals surface area contributed by atoms with Gasteiger partial charge in [0.25, 0.3) is 0 Å². The highest BCUT2D eigenvalue weighted by Crippen LogP contribution is 2.27. The molecule has 1 atom stereocenters. The zero-order chi connectivity index (χ0) is 13.1. The third-order valence-electron chi connectivity index (χ3n) is 2.51. The van der Waals surface area contributed by atoms with Gasteiger partial charge in [0.2, 0.25) is 5.88 Å². The van der Waals surface area contributed by atoms with E-state index in [1.165, 1.54) is 6.07 Å². The summed E-state index contributed by atoms with van der Waals surface area (Å²) in [5.41, 5.74) is 6.09. The minimum atomic E-state index is -0.398. The van der Waals surface area contributed by atoms with Gasteiger partial charge in [-0.05, 0) is 17.9 Å². The summed E-state index contributed by atoms with van der Waals surface area (Å²) in [6.07, 6.45) is 3.01. The molecule has 0 saturated heterocycles. The van der Waals surface area contributed by atoms with Gasteiger partial charge in [-0.2, -0.15) is 0 Å². The first kappa shape index (κ1) is 13.9. The second-order valence-corrected chi connectivity index (χ2v) is 5.06. The number of pyridine rings is 1. The lowest BCUT2D eigenvalue weighted by atomic mass is 9.87. The van der Waals surface area contributed by atoms with Crippen molar-refractivity contribution in [2.75, 3.05) is 0 Å². The molecule has 0 aliphatic carbocycles. The minimum Gasteiger partial charge on any atom is -0.473 e. The maximum atomic E-state index is 13.0. The SMILES string of the molecule is C[CH][C@H](Oc1ncc(F)cc1CN)C(C)(C)C. The predicted molar refractivity (Wildman–Crippen MR) is 65.9 cm³/mol. The molecule has 2 N–H and O–H groups in total. The van der Waals surface area contributed by atoms with Crippen molar-refractivity contribution >= 4 is 0 Å². The number of nitrogens with zero attached hydrogens (tertiary/aromatic N) is 1. The van der Waals surface area contributed by atoms with Crippen molar-refractivity contribution in [1.82, 2.24) is 4.98 Å². The first-order valence-corrected chi connectivity index (χ1v) is 5.69. The van der Waals surface area contributed by atoms with E-state index in [4.69, 9.17) is 10.5 Å². The first-order chi connectivity index (χ1) is 7.88. The third-order valence-corrected chi connectivity index (χ3v) is 2.51. The van der Waals surface area contributed by atoms with Gasteiger partial charge in [0.1, 0.15) is 11.9 Å². The summed E-state index contributed by atoms with van der Waals surface area (Å²) in [4.78, 5) is 3.95. The summed E-state index contributed by atoms with van der Waals surface area (Å²) < 4.78 is 18.8. The normalized spacial score (nSPS) is 13.5. The van der Waals surface area contributed by atoms with Crippen LogP contribution in [-0.2, 0) is 6.54 Å². The van der Waals surface area contributed by atoms with Crippen molar-refractivity contribution in [3.8, 4) is 5.88 Å². The van der Waals surface area contributed by atoms with Crippen molar-refractivity contribution < 1.29 is 9.13 Å². The van der Waals surface area contributed by atoms with Crippen LogP contribution in [0, 0.1) is 17.7 Å². The molecule has 1 aromatic heterocycles. The van der Waals surface area contributed by atoms with Gasteiger partial charge in [-0.3, -0.25) is 0 Å². The number of halogens is 1. The average molecular weight is 239 g/mol. The fourth-order valence-electron chi connectivity index (χ4n) is 1.59. The Morgan fingerprint density at radius 3 is 2.65 bits per heavy atom. The summed E-state index contributed by atoms with van der Waals surface area (Å²) in [5.74, 6) is 0.0116. The van der Waals surface area contributed by atoms with E-state index in [2.05, 4.69) is 25.8 Å². The standard InChI is InChI=1S/C13H20FN2O/c1-5-11(13(2,3)4)17-12-9(7-15)6-10(14)8-16-12/h5-6,8,11H,7,15H2,1-4H3/t11-/m0/s1. The Bertz CT molecular complexity index is 374. The Morgan fingerprint density at radius 1 is 1.53 bits per heavy atom. The van der Waals surface area contributed by atoms with Crippen LogP contribution in [0.3, 0.4) is 0 Å². The average Bonchev–Trinajstić information content (AvgIpc) is 2.25. The van der Waals surface area contributed by atoms with Crippen LogP contribution >= 0.6 is 0 Å². The lowest BCUT2D eigenvalue weighted by molar-refractivity contribution is 0.108. The summed E-state index contributed by atoms with van der Waals surface area (Å²) >= 11 is 0. The van der Waals surface area contributed by atoms with Crippen LogP contribution in [0.1, 0.15) is 33.3 Å². The minimum absolute atomic E-state index is 0.0450. The molecule has 4 heteroatoms. The van der Waals surface area contributed by atoms with Crippen molar-refractivity contribution in [3.05, 3.63) is 30.1 Å². The Labute approximate surface area is 102 Å². The van der Waals surface area contributed by atoms with E-state index in [1.54, 1.807) is 0 Å². The van der Waals surface area contributed by atoms with Crippen molar-refractivity contribution in [2.45, 2.75) is 40.3 Å². The highest BCUT2D eigenvalue weighted by atomic mass is 19.1. The summed E-state index contributed by atoms with van der Waals surface area (Å²) in [6, 6.07) is 1.36. The van der Waals surface area contributed by atoms with Gasteiger partial charge in [0.15, 0.2) is 0 Å². The summed E-state index contributed by atoms with van der Waals surface area (Å²) in [6.45, 7) is 8.36. The molecule has 0 aliphatic heterocycles. The summed E-state index contributed by atoms with van der Waals surface area (Å²) in [5, 5.41) is 0. The largest absolute Gasteiger partial charge is 0.473 e. The zero-order valence-corrected chi connectivity index (χ0v) is 10.8. The molecular formula is C13H20FN2O. The van der Waals surface area contributed by atoms with Crippen LogP contribution in [0.4, 0.5) is 4.39 Å². The van der Waals surface area contributed by atoms with E-state index in [1.807, 2.05) is 13.3 Å². The second-order valence-electron chi connectivity index (χ2n) is 5.06. The van der Waals surface area contributed by atoms with Gasteiger partial charge >= 0.3 is 0 Å². The molecule has 0 aliphatic rings. The van der Waals surface area contributed by atoms with Crippen molar-refractivity contribution in [3.63, 3.8) is 0 Å². The van der Waals surface area contributed by atoms with Crippen LogP contribution in [0.15, 0.2) is 12.3 Å². The van der Waals surface area contributed by atoms with Crippen molar-refractivity contribution in [2.24, 2.45) is 11.1 Å². The molecule has 1 heterocycles. The first-order valence-electron chi connectivity index (χ1n) is 5.69. The van der Waals surface area contributed by atoms with Gasteiger partial charge in [-0.1, -0.05) is 27.7 Å². The highest BCUT2D eigenvalue weighted by Gasteiger charge is 2.26. The molecular weight excluding hydrogens is 219 g/mol. The van der Waals surface area contributed by atoms with Crippen LogP contribution in [0.25, 0.3) is 0 Å². The smallest absolute Gasteiger partial charge is 0.218 e. The van der Waals surface area contributed by atoms with Crippen LogP contribution in [0.2, 0.25) is 0 Å². The number of rotatable bonds is 4. The maximum absolute atomic E-state index is 13.0. The third kappa shape index (κ3) is 3.66. The van der Waals surface area contributed by atoms with E-state index in [0.29, 0.717) is 11.4 Å². The van der Waals surface area contributed by atoms with E-state index in [0.717, 1.165) is 6.20 Å². The molecule has 17 heavy (non-hydrogen) atoms. The Morgan fingerprint density at radius 2 is 2.18 bits per heavy atom. The highest BCUT2D eigenvalue weighted by molar-refractivity contribution is 5.26. The van der Waals surface area contributed by atoms with E-state index in [9.17, 15) is 4.39 Å². The molecule has 0 bridgehead atoms. The Balaban J connectivity index is 2.94. The topological polar surface area (TPSA) is 48.1 Å². The van der Waals surface area contributed by atoms with E-state index in [-0.39, 0.29) is 18.1 Å². The molecule has 1 aromatic rings. The van der Waals surface area contributed by atoms with Gasteiger partial charge in [0, 0.05) is 12.1 Å². The quantitative estimate of drug-likeness (QED) is 0.878. The monoisotopic (exact) mass is 239 g/mol. The molecule has 3 nitrogen and oxygen atoms in total. The number of aromatic nitrogens is 1. The maximum Gasteiger partial charge on any atom is 0.218 e. The molecule has 0 saturated carbocycles. The van der Waals surface area contributed by atoms with E-state index < -0.39 is 5.82 Å². The van der Waals surface area contributed by atoms with Crippen LogP contribution in [0.5, 0.6) is 5.88 Å². The summed E-state index contributed by atoms with van der Waals surface area (Å²) in [7, 11) is 0. The molecule has 0 amide bonds. The number of nitrogens with two attached hydrogens (primary N) is 1. The molecule has 95 valence electrons. The zero-order valence-electron chi connectivity index (χ0n) is 10.8. The van der Waals surface area contributed by atoms with Crippen LogP contribution in [-0.4, -0.2) is 11.1 Å². The lowest BCUT2D eigenvalue weighted by Gasteiger charge is -2.30. The molecule has 0 spiro atoms. The van der Waals surface area contributed by atoms with Gasteiger partial charge in [0.05, 0.1) is 6.20 Å². The Hall–Kier alpha value is -1.16. The predicted octanol–water partition coefficient (Wildman–Crippen LogP) is 2.70. The molecule has 0 aromatic carbocycles. The fourth-order valence-corrected chi connectivity index (χ4v) is 1.59. The second kappa shape index (κ2) is 5.45. The van der Waals surface area contributed by atoms with Crippen molar-refractivity contribution in [1.29, 1.82) is 0 Å². The number of ether oxygens (including phenoxy) is 1.